The van der Waals surface area contributed by atoms with Gasteiger partial charge in [-0.05, 0) is 62.3 Å². The molecule has 1 saturated carbocycles. The van der Waals surface area contributed by atoms with Crippen molar-refractivity contribution in [2.45, 2.75) is 57.0 Å². The van der Waals surface area contributed by atoms with Crippen molar-refractivity contribution in [3.05, 3.63) is 52.8 Å². The number of hydrogen-bond acceptors (Lipinski definition) is 7. The molecule has 8 nitrogen and oxygen atoms in total. The third kappa shape index (κ3) is 5.39. The lowest BCUT2D eigenvalue weighted by Gasteiger charge is -2.37. The van der Waals surface area contributed by atoms with Gasteiger partial charge < -0.3 is 19.6 Å². The Morgan fingerprint density at radius 1 is 1.16 bits per heavy atom. The summed E-state index contributed by atoms with van der Waals surface area (Å²) in [6.07, 6.45) is 1.67. The Morgan fingerprint density at radius 3 is 2.55 bits per heavy atom. The van der Waals surface area contributed by atoms with Crippen molar-refractivity contribution in [1.29, 1.82) is 0 Å². The number of nitrogens with one attached hydrogen (secondary N) is 1. The number of carboxylic acid groups (broad SMARTS) is 1. The number of likely N-dealkylation sites (tertiary alicyclic amines) is 1. The minimum absolute atomic E-state index is 0.0210. The number of hydrogen-bond donors (Lipinski definition) is 2. The van der Waals surface area contributed by atoms with Crippen LogP contribution in [-0.4, -0.2) is 51.9 Å². The predicted octanol–water partition coefficient (Wildman–Crippen LogP) is 5.85. The van der Waals surface area contributed by atoms with Gasteiger partial charge in [0.05, 0.1) is 22.7 Å². The highest BCUT2D eigenvalue weighted by molar-refractivity contribution is 6.33. The summed E-state index contributed by atoms with van der Waals surface area (Å²) in [5.41, 5.74) is 0.551. The van der Waals surface area contributed by atoms with E-state index in [-0.39, 0.29) is 22.7 Å². The fourth-order valence-electron chi connectivity index (χ4n) is 5.12. The standard InChI is InChI=1S/C27H28ClF2N3O5/c28-19-5-1-2-6-20(19)31-26-32-21-12-9-17(23(29)24(21)37-26)15-22(34)27(30,33-13-3-4-14-33)38-18-10-7-16(8-11-18)25(35)36/h1-2,5-6,9,12,16,18H,3-4,7-8,10-11,13-15H2,(H,31,32)(H,35,36). The van der Waals surface area contributed by atoms with Gasteiger partial charge in [-0.15, -0.1) is 0 Å². The van der Waals surface area contributed by atoms with Crippen LogP contribution in [0.15, 0.2) is 40.8 Å². The van der Waals surface area contributed by atoms with Crippen LogP contribution in [0.25, 0.3) is 11.1 Å². The third-order valence-electron chi connectivity index (χ3n) is 7.25. The second kappa shape index (κ2) is 11.0. The summed E-state index contributed by atoms with van der Waals surface area (Å²) in [4.78, 5) is 30.2. The highest BCUT2D eigenvalue weighted by Crippen LogP contribution is 2.35. The lowest BCUT2D eigenvalue weighted by Crippen LogP contribution is -2.54. The van der Waals surface area contributed by atoms with E-state index in [1.54, 1.807) is 24.3 Å². The molecule has 38 heavy (non-hydrogen) atoms. The number of rotatable bonds is 9. The summed E-state index contributed by atoms with van der Waals surface area (Å²) >= 11 is 6.15. The summed E-state index contributed by atoms with van der Waals surface area (Å²) in [6.45, 7) is 0.681. The van der Waals surface area contributed by atoms with Crippen LogP contribution in [0, 0.1) is 11.7 Å². The van der Waals surface area contributed by atoms with E-state index in [0.29, 0.717) is 62.3 Å². The highest BCUT2D eigenvalue weighted by atomic mass is 35.5. The smallest absolute Gasteiger partial charge is 0.330 e. The maximum absolute atomic E-state index is 16.4. The molecule has 1 atom stereocenters. The fraction of sp³-hybridized carbons (Fsp3) is 0.444. The molecule has 1 aliphatic heterocycles. The van der Waals surface area contributed by atoms with Crippen molar-refractivity contribution in [2.24, 2.45) is 5.92 Å². The number of nitrogens with zero attached hydrogens (tertiary/aromatic N) is 2. The first kappa shape index (κ1) is 26.5. The molecule has 3 aromatic rings. The van der Waals surface area contributed by atoms with Gasteiger partial charge in [0.1, 0.15) is 5.52 Å². The van der Waals surface area contributed by atoms with Gasteiger partial charge in [-0.1, -0.05) is 29.8 Å². The van der Waals surface area contributed by atoms with E-state index in [1.807, 2.05) is 0 Å². The topological polar surface area (TPSA) is 105 Å². The van der Waals surface area contributed by atoms with E-state index in [2.05, 4.69) is 10.3 Å². The molecule has 0 amide bonds. The number of aromatic nitrogens is 1. The number of carboxylic acids is 1. The average molecular weight is 548 g/mol. The Hall–Kier alpha value is -3.08. The lowest BCUT2D eigenvalue weighted by atomic mass is 9.87. The molecule has 0 spiro atoms. The van der Waals surface area contributed by atoms with Crippen LogP contribution in [0.5, 0.6) is 0 Å². The number of Topliss-reactive ketones (excluding diaryl/α,β-unsaturated/α-hetero) is 1. The molecule has 2 aromatic carbocycles. The second-order valence-electron chi connectivity index (χ2n) is 9.80. The van der Waals surface area contributed by atoms with Gasteiger partial charge in [0.2, 0.25) is 5.78 Å². The van der Waals surface area contributed by atoms with Gasteiger partial charge in [0, 0.05) is 19.5 Å². The van der Waals surface area contributed by atoms with Gasteiger partial charge in [-0.2, -0.15) is 9.37 Å². The van der Waals surface area contributed by atoms with Crippen LogP contribution in [0.4, 0.5) is 20.5 Å². The number of ether oxygens (including phenoxy) is 1. The molecule has 1 aliphatic carbocycles. The van der Waals surface area contributed by atoms with E-state index in [0.717, 1.165) is 0 Å². The minimum atomic E-state index is -2.73. The van der Waals surface area contributed by atoms with Crippen molar-refractivity contribution in [1.82, 2.24) is 9.88 Å². The molecule has 0 bridgehead atoms. The fourth-order valence-corrected chi connectivity index (χ4v) is 5.30. The number of fused-ring (bicyclic) bond motifs is 1. The minimum Gasteiger partial charge on any atom is -0.481 e. The van der Waals surface area contributed by atoms with Crippen molar-refractivity contribution in [3.8, 4) is 0 Å². The van der Waals surface area contributed by atoms with Crippen LogP contribution >= 0.6 is 11.6 Å². The van der Waals surface area contributed by atoms with Crippen molar-refractivity contribution in [3.63, 3.8) is 0 Å². The number of aliphatic carboxylic acids is 1. The quantitative estimate of drug-likeness (QED) is 0.321. The van der Waals surface area contributed by atoms with Gasteiger partial charge in [-0.25, -0.2) is 9.29 Å². The monoisotopic (exact) mass is 547 g/mol. The summed E-state index contributed by atoms with van der Waals surface area (Å²) < 4.78 is 43.2. The predicted molar refractivity (Wildman–Crippen MR) is 137 cm³/mol. The lowest BCUT2D eigenvalue weighted by molar-refractivity contribution is -0.252. The molecular weight excluding hydrogens is 520 g/mol. The normalized spacial score (nSPS) is 21.9. The summed E-state index contributed by atoms with van der Waals surface area (Å²) in [5.74, 6) is -5.81. The molecular formula is C27H28ClF2N3O5. The van der Waals surface area contributed by atoms with Crippen LogP contribution < -0.4 is 5.32 Å². The summed E-state index contributed by atoms with van der Waals surface area (Å²) in [7, 11) is 0. The number of ketones is 1. The van der Waals surface area contributed by atoms with Crippen LogP contribution in [0.2, 0.25) is 5.02 Å². The number of anilines is 2. The van der Waals surface area contributed by atoms with Crippen molar-refractivity contribution < 1.29 is 32.6 Å². The summed E-state index contributed by atoms with van der Waals surface area (Å²) in [5, 5.41) is 12.6. The molecule has 2 heterocycles. The van der Waals surface area contributed by atoms with Gasteiger partial charge in [0.25, 0.3) is 6.01 Å². The first-order valence-electron chi connectivity index (χ1n) is 12.7. The number of carbonyl (C=O) groups excluding carboxylic acids is 1. The second-order valence-corrected chi connectivity index (χ2v) is 10.2. The zero-order valence-corrected chi connectivity index (χ0v) is 21.3. The number of carbonyl (C=O) groups is 2. The van der Waals surface area contributed by atoms with E-state index >= 15 is 8.78 Å². The van der Waals surface area contributed by atoms with E-state index in [4.69, 9.17) is 20.8 Å². The highest BCUT2D eigenvalue weighted by Gasteiger charge is 2.49. The maximum Gasteiger partial charge on any atom is 0.330 e. The molecule has 11 heteroatoms. The van der Waals surface area contributed by atoms with Crippen molar-refractivity contribution in [2.75, 3.05) is 18.4 Å². The molecule has 0 radical (unpaired) electrons. The number of halogens is 3. The van der Waals surface area contributed by atoms with E-state index < -0.39 is 42.0 Å². The molecule has 202 valence electrons. The summed E-state index contributed by atoms with van der Waals surface area (Å²) in [6, 6.07) is 9.84. The number of alkyl halides is 1. The molecule has 2 N–H and O–H groups in total. The Labute approximate surface area is 222 Å². The Bertz CT molecular complexity index is 1340. The molecule has 1 saturated heterocycles. The molecule has 2 aliphatic rings. The Morgan fingerprint density at radius 2 is 1.87 bits per heavy atom. The van der Waals surface area contributed by atoms with Gasteiger partial charge >= 0.3 is 11.9 Å². The molecule has 1 unspecified atom stereocenters. The van der Waals surface area contributed by atoms with Crippen molar-refractivity contribution >= 4 is 46.2 Å². The maximum atomic E-state index is 16.4. The number of oxazole rings is 1. The third-order valence-corrected chi connectivity index (χ3v) is 7.58. The van der Waals surface area contributed by atoms with E-state index in [9.17, 15) is 14.7 Å². The van der Waals surface area contributed by atoms with Gasteiger partial charge in [-0.3, -0.25) is 9.59 Å². The molecule has 5 rings (SSSR count). The van der Waals surface area contributed by atoms with E-state index in [1.165, 1.54) is 17.0 Å². The van der Waals surface area contributed by atoms with Crippen LogP contribution in [0.3, 0.4) is 0 Å². The van der Waals surface area contributed by atoms with Crippen LogP contribution in [-0.2, 0) is 20.7 Å². The number of benzene rings is 2. The largest absolute Gasteiger partial charge is 0.481 e. The molecule has 1 aromatic heterocycles. The Kier molecular flexibility index (Phi) is 7.65. The zero-order chi connectivity index (χ0) is 26.9. The zero-order valence-electron chi connectivity index (χ0n) is 20.6. The first-order valence-corrected chi connectivity index (χ1v) is 13.1. The number of para-hydroxylation sites is 1. The Balaban J connectivity index is 1.35. The average Bonchev–Trinajstić information content (AvgIpc) is 3.58. The van der Waals surface area contributed by atoms with Crippen LogP contribution in [0.1, 0.15) is 44.1 Å². The van der Waals surface area contributed by atoms with Gasteiger partial charge in [0.15, 0.2) is 11.4 Å². The first-order chi connectivity index (χ1) is 18.2. The molecule has 2 fully saturated rings. The SMILES string of the molecule is O=C(O)C1CCC(OC(F)(C(=O)Cc2ccc3nc(Nc4ccccc4Cl)oc3c2F)N2CCCC2)CC1.